The zero-order chi connectivity index (χ0) is 17.2. The first-order valence-corrected chi connectivity index (χ1v) is 7.18. The third-order valence-corrected chi connectivity index (χ3v) is 3.00. The number of pyridine rings is 1. The van der Waals surface area contributed by atoms with Gasteiger partial charge in [0.1, 0.15) is 11.3 Å². The highest BCUT2D eigenvalue weighted by Crippen LogP contribution is 2.11. The van der Waals surface area contributed by atoms with Crippen LogP contribution in [0.1, 0.15) is 26.5 Å². The number of ether oxygens (including phenoxy) is 1. The summed E-state index contributed by atoms with van der Waals surface area (Å²) < 4.78 is 8.25. The van der Waals surface area contributed by atoms with E-state index in [0.717, 1.165) is 0 Å². The fourth-order valence-electron chi connectivity index (χ4n) is 1.83. The standard InChI is InChI=1S/C15H21N5O3/c1-15(2,3)23-14(22)19(5)9-11-10-20(17-16-11)12-6-7-18(4)13(21)8-12/h6-8,10H,9H2,1-5H3. The molecule has 0 unspecified atom stereocenters. The summed E-state index contributed by atoms with van der Waals surface area (Å²) in [4.78, 5) is 25.0. The van der Waals surface area contributed by atoms with Crippen molar-refractivity contribution >= 4 is 6.09 Å². The zero-order valence-electron chi connectivity index (χ0n) is 14.0. The Morgan fingerprint density at radius 2 is 2.09 bits per heavy atom. The lowest BCUT2D eigenvalue weighted by Crippen LogP contribution is -2.33. The number of carbonyl (C=O) groups is 1. The van der Waals surface area contributed by atoms with E-state index in [1.54, 1.807) is 32.6 Å². The summed E-state index contributed by atoms with van der Waals surface area (Å²) in [5.74, 6) is 0. The second kappa shape index (κ2) is 6.23. The van der Waals surface area contributed by atoms with E-state index in [4.69, 9.17) is 4.74 Å². The van der Waals surface area contributed by atoms with Crippen LogP contribution in [0.4, 0.5) is 4.79 Å². The van der Waals surface area contributed by atoms with Crippen molar-refractivity contribution in [2.45, 2.75) is 32.9 Å². The number of amides is 1. The van der Waals surface area contributed by atoms with Gasteiger partial charge < -0.3 is 14.2 Å². The summed E-state index contributed by atoms with van der Waals surface area (Å²) in [7, 11) is 3.31. The Hall–Kier alpha value is -2.64. The van der Waals surface area contributed by atoms with Crippen molar-refractivity contribution in [1.29, 1.82) is 0 Å². The van der Waals surface area contributed by atoms with Crippen molar-refractivity contribution in [3.05, 3.63) is 40.6 Å². The third-order valence-electron chi connectivity index (χ3n) is 3.00. The van der Waals surface area contributed by atoms with Crippen LogP contribution in [0.15, 0.2) is 29.3 Å². The van der Waals surface area contributed by atoms with Crippen molar-refractivity contribution < 1.29 is 9.53 Å². The maximum atomic E-state index is 11.9. The van der Waals surface area contributed by atoms with Gasteiger partial charge >= 0.3 is 6.09 Å². The lowest BCUT2D eigenvalue weighted by molar-refractivity contribution is 0.0283. The van der Waals surface area contributed by atoms with E-state index in [-0.39, 0.29) is 12.1 Å². The highest BCUT2D eigenvalue weighted by atomic mass is 16.6. The molecule has 2 rings (SSSR count). The summed E-state index contributed by atoms with van der Waals surface area (Å²) in [5.41, 5.74) is 0.531. The predicted molar refractivity (Wildman–Crippen MR) is 84.3 cm³/mol. The molecule has 2 heterocycles. The first kappa shape index (κ1) is 16.7. The fourth-order valence-corrected chi connectivity index (χ4v) is 1.83. The van der Waals surface area contributed by atoms with Gasteiger partial charge in [-0.1, -0.05) is 5.21 Å². The van der Waals surface area contributed by atoms with Gasteiger partial charge in [-0.25, -0.2) is 9.48 Å². The van der Waals surface area contributed by atoms with E-state index in [9.17, 15) is 9.59 Å². The molecule has 0 radical (unpaired) electrons. The van der Waals surface area contributed by atoms with Gasteiger partial charge in [-0.2, -0.15) is 0 Å². The van der Waals surface area contributed by atoms with Gasteiger partial charge in [-0.15, -0.1) is 5.10 Å². The average Bonchev–Trinajstić information content (AvgIpc) is 2.88. The first-order valence-electron chi connectivity index (χ1n) is 7.18. The molecular formula is C15H21N5O3. The molecule has 124 valence electrons. The van der Waals surface area contributed by atoms with Crippen molar-refractivity contribution in [3.63, 3.8) is 0 Å². The molecule has 8 heteroatoms. The molecule has 0 N–H and O–H groups in total. The summed E-state index contributed by atoms with van der Waals surface area (Å²) in [6.45, 7) is 5.69. The van der Waals surface area contributed by atoms with Crippen LogP contribution in [0.2, 0.25) is 0 Å². The Kier molecular flexibility index (Phi) is 4.53. The third kappa shape index (κ3) is 4.41. The number of aromatic nitrogens is 4. The van der Waals surface area contributed by atoms with E-state index < -0.39 is 11.7 Å². The van der Waals surface area contributed by atoms with Crippen molar-refractivity contribution in [1.82, 2.24) is 24.5 Å². The van der Waals surface area contributed by atoms with Crippen molar-refractivity contribution in [3.8, 4) is 5.69 Å². The molecular weight excluding hydrogens is 298 g/mol. The molecule has 2 aromatic heterocycles. The molecule has 2 aromatic rings. The average molecular weight is 319 g/mol. The van der Waals surface area contributed by atoms with Crippen LogP contribution in [0, 0.1) is 0 Å². The SMILES string of the molecule is CN(Cc1cn(-c2ccn(C)c(=O)c2)nn1)C(=O)OC(C)(C)C. The zero-order valence-corrected chi connectivity index (χ0v) is 14.0. The van der Waals surface area contributed by atoms with E-state index >= 15 is 0 Å². The number of nitrogens with zero attached hydrogens (tertiary/aromatic N) is 5. The van der Waals surface area contributed by atoms with Gasteiger partial charge in [0.2, 0.25) is 0 Å². The quantitative estimate of drug-likeness (QED) is 0.852. The maximum Gasteiger partial charge on any atom is 0.410 e. The highest BCUT2D eigenvalue weighted by Gasteiger charge is 2.20. The van der Waals surface area contributed by atoms with Gasteiger partial charge in [-0.05, 0) is 26.8 Å². The topological polar surface area (TPSA) is 82.3 Å². The molecule has 0 saturated heterocycles. The van der Waals surface area contributed by atoms with Crippen LogP contribution < -0.4 is 5.56 Å². The normalized spacial score (nSPS) is 11.3. The molecule has 23 heavy (non-hydrogen) atoms. The van der Waals surface area contributed by atoms with Gasteiger partial charge in [0.05, 0.1) is 18.4 Å². The van der Waals surface area contributed by atoms with E-state index in [0.29, 0.717) is 11.4 Å². The minimum Gasteiger partial charge on any atom is -0.444 e. The van der Waals surface area contributed by atoms with Crippen LogP contribution in [0.5, 0.6) is 0 Å². The number of carbonyl (C=O) groups excluding carboxylic acids is 1. The first-order chi connectivity index (χ1) is 10.7. The lowest BCUT2D eigenvalue weighted by atomic mass is 10.2. The molecule has 0 fully saturated rings. The smallest absolute Gasteiger partial charge is 0.410 e. The number of aryl methyl sites for hydroxylation is 1. The molecule has 1 amide bonds. The Morgan fingerprint density at radius 3 is 2.70 bits per heavy atom. The second-order valence-corrected chi connectivity index (χ2v) is 6.32. The van der Waals surface area contributed by atoms with E-state index in [2.05, 4.69) is 10.3 Å². The van der Waals surface area contributed by atoms with Crippen LogP contribution >= 0.6 is 0 Å². The van der Waals surface area contributed by atoms with Gasteiger partial charge in [0, 0.05) is 26.4 Å². The monoisotopic (exact) mass is 319 g/mol. The number of hydrogen-bond acceptors (Lipinski definition) is 5. The van der Waals surface area contributed by atoms with Crippen LogP contribution in [-0.4, -0.2) is 43.2 Å². The Bertz CT molecular complexity index is 757. The van der Waals surface area contributed by atoms with E-state index in [1.807, 2.05) is 20.8 Å². The van der Waals surface area contributed by atoms with Crippen LogP contribution in [0.3, 0.4) is 0 Å². The fraction of sp³-hybridized carbons (Fsp3) is 0.467. The molecule has 0 aliphatic carbocycles. The number of rotatable bonds is 3. The second-order valence-electron chi connectivity index (χ2n) is 6.32. The molecule has 0 aliphatic rings. The summed E-state index contributed by atoms with van der Waals surface area (Å²) >= 11 is 0. The predicted octanol–water partition coefficient (Wildman–Crippen LogP) is 1.33. The molecule has 0 aromatic carbocycles. The molecule has 8 nitrogen and oxygen atoms in total. The molecule has 0 saturated carbocycles. The largest absolute Gasteiger partial charge is 0.444 e. The van der Waals surface area contributed by atoms with Crippen molar-refractivity contribution in [2.24, 2.45) is 7.05 Å². The van der Waals surface area contributed by atoms with Crippen LogP contribution in [0.25, 0.3) is 5.69 Å². The Labute approximate surface area is 134 Å². The summed E-state index contributed by atoms with van der Waals surface area (Å²) in [6.07, 6.45) is 2.90. The minimum absolute atomic E-state index is 0.134. The Morgan fingerprint density at radius 1 is 1.39 bits per heavy atom. The molecule has 0 spiro atoms. The summed E-state index contributed by atoms with van der Waals surface area (Å²) in [6, 6.07) is 3.23. The molecule has 0 bridgehead atoms. The number of hydrogen-bond donors (Lipinski definition) is 0. The van der Waals surface area contributed by atoms with Gasteiger partial charge in [0.25, 0.3) is 5.56 Å². The van der Waals surface area contributed by atoms with Crippen molar-refractivity contribution in [2.75, 3.05) is 7.05 Å². The van der Waals surface area contributed by atoms with Crippen LogP contribution in [-0.2, 0) is 18.3 Å². The lowest BCUT2D eigenvalue weighted by Gasteiger charge is -2.24. The molecule has 0 atom stereocenters. The highest BCUT2D eigenvalue weighted by molar-refractivity contribution is 5.67. The maximum absolute atomic E-state index is 11.9. The molecule has 0 aliphatic heterocycles. The Balaban J connectivity index is 2.09. The summed E-state index contributed by atoms with van der Waals surface area (Å²) in [5, 5.41) is 8.00. The van der Waals surface area contributed by atoms with Gasteiger partial charge in [-0.3, -0.25) is 4.79 Å². The van der Waals surface area contributed by atoms with E-state index in [1.165, 1.54) is 20.2 Å². The van der Waals surface area contributed by atoms with Gasteiger partial charge in [0.15, 0.2) is 0 Å². The minimum atomic E-state index is -0.549.